The second-order valence-electron chi connectivity index (χ2n) is 7.66. The van der Waals surface area contributed by atoms with Gasteiger partial charge in [0.2, 0.25) is 0 Å². The van der Waals surface area contributed by atoms with Crippen LogP contribution in [0.1, 0.15) is 31.7 Å². The smallest absolute Gasteiger partial charge is 0.331 e. The fourth-order valence-electron chi connectivity index (χ4n) is 3.08. The highest BCUT2D eigenvalue weighted by atomic mass is 32.2. The number of carboxylic acids is 2. The number of carbonyl (C=O) groups is 2. The first-order chi connectivity index (χ1) is 13.0. The van der Waals surface area contributed by atoms with Crippen molar-refractivity contribution in [1.29, 1.82) is 0 Å². The summed E-state index contributed by atoms with van der Waals surface area (Å²) in [5.74, 6) is -1.51. The van der Waals surface area contributed by atoms with Gasteiger partial charge in [-0.2, -0.15) is 0 Å². The van der Waals surface area contributed by atoms with Crippen LogP contribution in [0.2, 0.25) is 0 Å². The molecule has 0 radical (unpaired) electrons. The molecule has 1 atom stereocenters. The van der Waals surface area contributed by atoms with Crippen molar-refractivity contribution in [2.75, 3.05) is 12.9 Å². The van der Waals surface area contributed by atoms with Gasteiger partial charge < -0.3 is 14.9 Å². The molecule has 1 fully saturated rings. The third-order valence-corrected chi connectivity index (χ3v) is 6.10. The molecule has 0 spiro atoms. The lowest BCUT2D eigenvalue weighted by molar-refractivity contribution is -0.145. The van der Waals surface area contributed by atoms with Crippen LogP contribution in [0.5, 0.6) is 5.75 Å². The molecule has 0 bridgehead atoms. The van der Waals surface area contributed by atoms with E-state index in [1.54, 1.807) is 0 Å². The van der Waals surface area contributed by atoms with E-state index in [2.05, 4.69) is 0 Å². The molecular weight excluding hydrogens is 384 g/mol. The van der Waals surface area contributed by atoms with Gasteiger partial charge in [-0.25, -0.2) is 13.2 Å². The molecule has 3 rings (SSSR count). The van der Waals surface area contributed by atoms with Crippen LogP contribution < -0.4 is 4.74 Å². The molecule has 7 nitrogen and oxygen atoms in total. The maximum Gasteiger partial charge on any atom is 0.331 e. The molecule has 0 aromatic heterocycles. The Morgan fingerprint density at radius 2 is 1.93 bits per heavy atom. The van der Waals surface area contributed by atoms with Gasteiger partial charge in [0, 0.05) is 17.4 Å². The number of carboxylic acid groups (broad SMARTS) is 2. The Kier molecular flexibility index (Phi) is 5.10. The third kappa shape index (κ3) is 4.27. The first-order valence-electron chi connectivity index (χ1n) is 8.87. The fraction of sp³-hybridized carbons (Fsp3) is 0.400. The van der Waals surface area contributed by atoms with E-state index >= 15 is 0 Å². The van der Waals surface area contributed by atoms with Crippen molar-refractivity contribution in [1.82, 2.24) is 0 Å². The Hall–Kier alpha value is -2.61. The van der Waals surface area contributed by atoms with Crippen LogP contribution in [-0.4, -0.2) is 43.4 Å². The Morgan fingerprint density at radius 1 is 1.25 bits per heavy atom. The standard InChI is InChI=1S/C20H22O7S/c1-20(19(23)24)9-13(7-14(10-20)18(21)22)16-8-15(28(2,25)26)5-6-17(16)27-11-12-3-4-12/h5-9,12H,3-4,10-11H2,1-2H3,(H,21,22)(H,23,24). The van der Waals surface area contributed by atoms with Crippen molar-refractivity contribution in [3.05, 3.63) is 41.5 Å². The van der Waals surface area contributed by atoms with Gasteiger partial charge in [-0.3, -0.25) is 4.79 Å². The van der Waals surface area contributed by atoms with E-state index in [1.165, 1.54) is 37.3 Å². The average molecular weight is 406 g/mol. The summed E-state index contributed by atoms with van der Waals surface area (Å²) < 4.78 is 29.8. The zero-order valence-electron chi connectivity index (χ0n) is 15.6. The van der Waals surface area contributed by atoms with Crippen LogP contribution >= 0.6 is 0 Å². The minimum atomic E-state index is -3.51. The van der Waals surface area contributed by atoms with Crippen molar-refractivity contribution >= 4 is 27.3 Å². The Bertz CT molecular complexity index is 999. The molecule has 2 aliphatic carbocycles. The molecule has 2 aliphatic rings. The summed E-state index contributed by atoms with van der Waals surface area (Å²) in [7, 11) is -3.51. The van der Waals surface area contributed by atoms with E-state index in [1.807, 2.05) is 0 Å². The SMILES string of the molecule is CC1(C(=O)O)C=C(c2cc(S(C)(=O)=O)ccc2OCC2CC2)C=C(C(=O)O)C1. The van der Waals surface area contributed by atoms with Gasteiger partial charge in [0.05, 0.1) is 16.9 Å². The van der Waals surface area contributed by atoms with Gasteiger partial charge >= 0.3 is 11.9 Å². The number of aliphatic carboxylic acids is 2. The number of sulfone groups is 1. The normalized spacial score (nSPS) is 22.2. The number of ether oxygens (including phenoxy) is 1. The van der Waals surface area contributed by atoms with E-state index in [0.29, 0.717) is 29.4 Å². The number of allylic oxidation sites excluding steroid dienone is 2. The van der Waals surface area contributed by atoms with Crippen molar-refractivity contribution in [3.8, 4) is 5.75 Å². The number of hydrogen-bond donors (Lipinski definition) is 2. The lowest BCUT2D eigenvalue weighted by Gasteiger charge is -2.27. The van der Waals surface area contributed by atoms with E-state index in [4.69, 9.17) is 4.74 Å². The fourth-order valence-corrected chi connectivity index (χ4v) is 3.73. The van der Waals surface area contributed by atoms with E-state index < -0.39 is 27.2 Å². The second-order valence-corrected chi connectivity index (χ2v) is 9.67. The zero-order valence-corrected chi connectivity index (χ0v) is 16.5. The summed E-state index contributed by atoms with van der Waals surface area (Å²) in [5.41, 5.74) is -0.785. The van der Waals surface area contributed by atoms with Gasteiger partial charge in [0.1, 0.15) is 5.75 Å². The summed E-state index contributed by atoms with van der Waals surface area (Å²) in [5, 5.41) is 19.0. The maximum absolute atomic E-state index is 12.0. The topological polar surface area (TPSA) is 118 Å². The van der Waals surface area contributed by atoms with Gasteiger partial charge in [0.15, 0.2) is 9.84 Å². The highest BCUT2D eigenvalue weighted by molar-refractivity contribution is 7.90. The number of benzene rings is 1. The zero-order chi connectivity index (χ0) is 20.7. The molecule has 1 aromatic rings. The number of hydrogen-bond acceptors (Lipinski definition) is 5. The Labute approximate surface area is 163 Å². The largest absolute Gasteiger partial charge is 0.493 e. The highest BCUT2D eigenvalue weighted by Gasteiger charge is 2.37. The molecule has 0 heterocycles. The lowest BCUT2D eigenvalue weighted by Crippen LogP contribution is -2.29. The number of rotatable bonds is 7. The van der Waals surface area contributed by atoms with Crippen LogP contribution in [0.25, 0.3) is 5.57 Å². The van der Waals surface area contributed by atoms with Gasteiger partial charge in [-0.1, -0.05) is 6.08 Å². The van der Waals surface area contributed by atoms with Crippen LogP contribution in [0.4, 0.5) is 0 Å². The summed E-state index contributed by atoms with van der Waals surface area (Å²) in [4.78, 5) is 23.4. The van der Waals surface area contributed by atoms with Crippen LogP contribution in [-0.2, 0) is 19.4 Å². The molecule has 1 aromatic carbocycles. The molecule has 8 heteroatoms. The van der Waals surface area contributed by atoms with Crippen LogP contribution in [0.15, 0.2) is 40.8 Å². The van der Waals surface area contributed by atoms with Crippen LogP contribution in [0, 0.1) is 11.3 Å². The molecule has 1 unspecified atom stereocenters. The predicted molar refractivity (Wildman–Crippen MR) is 102 cm³/mol. The summed E-state index contributed by atoms with van der Waals surface area (Å²) in [6.07, 6.45) is 5.90. The molecule has 0 saturated heterocycles. The van der Waals surface area contributed by atoms with Crippen molar-refractivity contribution in [3.63, 3.8) is 0 Å². The van der Waals surface area contributed by atoms with Crippen LogP contribution in [0.3, 0.4) is 0 Å². The lowest BCUT2D eigenvalue weighted by atomic mass is 9.76. The molecule has 1 saturated carbocycles. The maximum atomic E-state index is 12.0. The Balaban J connectivity index is 2.15. The quantitative estimate of drug-likeness (QED) is 0.715. The summed E-state index contributed by atoms with van der Waals surface area (Å²) in [6, 6.07) is 4.38. The van der Waals surface area contributed by atoms with E-state index in [0.717, 1.165) is 19.1 Å². The van der Waals surface area contributed by atoms with Gasteiger partial charge in [-0.15, -0.1) is 0 Å². The molecule has 0 amide bonds. The van der Waals surface area contributed by atoms with Crippen molar-refractivity contribution in [2.45, 2.75) is 31.1 Å². The molecule has 28 heavy (non-hydrogen) atoms. The summed E-state index contributed by atoms with van der Waals surface area (Å²) in [6.45, 7) is 1.92. The van der Waals surface area contributed by atoms with Gasteiger partial charge in [-0.05, 0) is 62.0 Å². The Morgan fingerprint density at radius 3 is 2.46 bits per heavy atom. The highest BCUT2D eigenvalue weighted by Crippen LogP contribution is 2.41. The molecule has 150 valence electrons. The minimum Gasteiger partial charge on any atom is -0.493 e. The van der Waals surface area contributed by atoms with E-state index in [-0.39, 0.29) is 16.9 Å². The molecule has 2 N–H and O–H groups in total. The van der Waals surface area contributed by atoms with Gasteiger partial charge in [0.25, 0.3) is 0 Å². The van der Waals surface area contributed by atoms with Crippen molar-refractivity contribution < 1.29 is 33.0 Å². The van der Waals surface area contributed by atoms with Crippen molar-refractivity contribution in [2.24, 2.45) is 11.3 Å². The first-order valence-corrected chi connectivity index (χ1v) is 10.8. The third-order valence-electron chi connectivity index (χ3n) is 4.99. The monoisotopic (exact) mass is 406 g/mol. The van der Waals surface area contributed by atoms with E-state index in [9.17, 15) is 28.2 Å². The first kappa shape index (κ1) is 20.1. The second kappa shape index (κ2) is 7.09. The summed E-state index contributed by atoms with van der Waals surface area (Å²) >= 11 is 0. The minimum absolute atomic E-state index is 0.0510. The molecular formula is C20H22O7S. The predicted octanol–water partition coefficient (Wildman–Crippen LogP) is 2.77. The molecule has 0 aliphatic heterocycles. The average Bonchev–Trinajstić information content (AvgIpc) is 3.42.